The van der Waals surface area contributed by atoms with Crippen molar-refractivity contribution in [3.05, 3.63) is 35.9 Å². The van der Waals surface area contributed by atoms with E-state index in [2.05, 4.69) is 20.4 Å². The summed E-state index contributed by atoms with van der Waals surface area (Å²) in [6.45, 7) is -0.279. The van der Waals surface area contributed by atoms with Gasteiger partial charge in [-0.2, -0.15) is 13.2 Å². The van der Waals surface area contributed by atoms with Crippen molar-refractivity contribution in [2.75, 3.05) is 40.0 Å². The molecule has 0 fully saturated rings. The summed E-state index contributed by atoms with van der Waals surface area (Å²) in [5.74, 6) is 0.458. The Hall–Kier alpha value is -1.07. The van der Waals surface area contributed by atoms with Crippen molar-refractivity contribution in [2.45, 2.75) is 18.5 Å². The number of nitrogens with one attached hydrogen (secondary N) is 2. The van der Waals surface area contributed by atoms with Crippen molar-refractivity contribution < 1.29 is 23.0 Å². The second kappa shape index (κ2) is 13.2. The van der Waals surface area contributed by atoms with Gasteiger partial charge < -0.3 is 20.5 Å². The van der Waals surface area contributed by atoms with Crippen molar-refractivity contribution in [1.29, 1.82) is 0 Å². The molecule has 0 aliphatic carbocycles. The minimum atomic E-state index is -4.29. The van der Waals surface area contributed by atoms with E-state index in [1.54, 1.807) is 7.05 Å². The molecule has 0 saturated carbocycles. The second-order valence-electron chi connectivity index (χ2n) is 5.19. The first-order valence-electron chi connectivity index (χ1n) is 7.71. The van der Waals surface area contributed by atoms with E-state index in [0.29, 0.717) is 25.5 Å². The average Bonchev–Trinajstić information content (AvgIpc) is 2.56. The lowest BCUT2D eigenvalue weighted by Gasteiger charge is -2.18. The number of rotatable bonds is 9. The number of hydrogen-bond acceptors (Lipinski definition) is 3. The fourth-order valence-electron chi connectivity index (χ4n) is 2.02. The maximum absolute atomic E-state index is 11.9. The summed E-state index contributed by atoms with van der Waals surface area (Å²) in [6, 6.07) is 9.61. The van der Waals surface area contributed by atoms with E-state index in [4.69, 9.17) is 0 Å². The molecule has 0 radical (unpaired) electrons. The Morgan fingerprint density at radius 1 is 1.24 bits per heavy atom. The van der Waals surface area contributed by atoms with Crippen LogP contribution in [0.5, 0.6) is 0 Å². The van der Waals surface area contributed by atoms with Crippen molar-refractivity contribution in [3.8, 4) is 0 Å². The van der Waals surface area contributed by atoms with Crippen molar-refractivity contribution in [1.82, 2.24) is 10.6 Å². The van der Waals surface area contributed by atoms with Crippen molar-refractivity contribution in [3.63, 3.8) is 0 Å². The second-order valence-corrected chi connectivity index (χ2v) is 5.19. The van der Waals surface area contributed by atoms with Gasteiger partial charge in [0.15, 0.2) is 5.96 Å². The maximum atomic E-state index is 11.9. The predicted octanol–water partition coefficient (Wildman–Crippen LogP) is 2.51. The number of nitrogens with zero attached hydrogens (tertiary/aromatic N) is 1. The summed E-state index contributed by atoms with van der Waals surface area (Å²) in [5.41, 5.74) is 1.02. The largest absolute Gasteiger partial charge is 0.411 e. The van der Waals surface area contributed by atoms with Crippen LogP contribution in [0.2, 0.25) is 0 Å². The molecule has 3 N–H and O–H groups in total. The molecule has 1 aromatic rings. The SMILES string of the molecule is CN=C(NCCCOCC(F)(F)F)NCC(CO)c1ccccc1.I. The van der Waals surface area contributed by atoms with Crippen LogP contribution in [0.1, 0.15) is 17.9 Å². The number of halogens is 4. The first-order chi connectivity index (χ1) is 11.5. The molecule has 25 heavy (non-hydrogen) atoms. The smallest absolute Gasteiger partial charge is 0.396 e. The Morgan fingerprint density at radius 2 is 1.92 bits per heavy atom. The minimum absolute atomic E-state index is 0. The van der Waals surface area contributed by atoms with Gasteiger partial charge in [0.05, 0.1) is 6.61 Å². The van der Waals surface area contributed by atoms with Gasteiger partial charge in [-0.3, -0.25) is 4.99 Å². The third kappa shape index (κ3) is 11.2. The highest BCUT2D eigenvalue weighted by atomic mass is 127. The highest BCUT2D eigenvalue weighted by Crippen LogP contribution is 2.14. The van der Waals surface area contributed by atoms with E-state index in [0.717, 1.165) is 5.56 Å². The summed E-state index contributed by atoms with van der Waals surface area (Å²) < 4.78 is 40.2. The number of ether oxygens (including phenoxy) is 1. The Kier molecular flexibility index (Phi) is 12.6. The molecule has 0 spiro atoms. The lowest BCUT2D eigenvalue weighted by atomic mass is 10.0. The summed E-state index contributed by atoms with van der Waals surface area (Å²) >= 11 is 0. The fourth-order valence-corrected chi connectivity index (χ4v) is 2.02. The molecule has 5 nitrogen and oxygen atoms in total. The zero-order valence-corrected chi connectivity index (χ0v) is 16.4. The number of aliphatic imine (C=N–C) groups is 1. The van der Waals surface area contributed by atoms with Gasteiger partial charge in [0.1, 0.15) is 6.61 Å². The Bertz CT molecular complexity index is 487. The van der Waals surface area contributed by atoms with Gasteiger partial charge in [-0.05, 0) is 12.0 Å². The number of aliphatic hydroxyl groups excluding tert-OH is 1. The minimum Gasteiger partial charge on any atom is -0.396 e. The van der Waals surface area contributed by atoms with Gasteiger partial charge in [0, 0.05) is 32.7 Å². The van der Waals surface area contributed by atoms with Crippen LogP contribution >= 0.6 is 24.0 Å². The normalized spacial score (nSPS) is 13.1. The molecule has 0 aliphatic heterocycles. The summed E-state index contributed by atoms with van der Waals surface area (Å²) in [6.07, 6.45) is -3.86. The topological polar surface area (TPSA) is 65.9 Å². The quantitative estimate of drug-likeness (QED) is 0.222. The van der Waals surface area contributed by atoms with E-state index in [9.17, 15) is 18.3 Å². The van der Waals surface area contributed by atoms with E-state index in [1.165, 1.54) is 0 Å². The first kappa shape index (κ1) is 23.9. The van der Waals surface area contributed by atoms with Crippen LogP contribution in [-0.2, 0) is 4.74 Å². The van der Waals surface area contributed by atoms with Crippen molar-refractivity contribution in [2.24, 2.45) is 4.99 Å². The molecule has 0 aromatic heterocycles. The number of alkyl halides is 3. The average molecular weight is 475 g/mol. The highest BCUT2D eigenvalue weighted by molar-refractivity contribution is 14.0. The van der Waals surface area contributed by atoms with E-state index < -0.39 is 12.8 Å². The molecule has 0 heterocycles. The first-order valence-corrected chi connectivity index (χ1v) is 7.71. The van der Waals surface area contributed by atoms with Crippen LogP contribution in [0, 0.1) is 0 Å². The molecule has 0 bridgehead atoms. The van der Waals surface area contributed by atoms with Gasteiger partial charge in [-0.15, -0.1) is 24.0 Å². The van der Waals surface area contributed by atoms with Gasteiger partial charge in [-0.1, -0.05) is 30.3 Å². The third-order valence-electron chi connectivity index (χ3n) is 3.25. The molecule has 144 valence electrons. The summed E-state index contributed by atoms with van der Waals surface area (Å²) in [7, 11) is 1.60. The zero-order chi connectivity index (χ0) is 17.8. The van der Waals surface area contributed by atoms with Gasteiger partial charge in [0.25, 0.3) is 0 Å². The zero-order valence-electron chi connectivity index (χ0n) is 14.1. The highest BCUT2D eigenvalue weighted by Gasteiger charge is 2.27. The van der Waals surface area contributed by atoms with E-state index >= 15 is 0 Å². The van der Waals surface area contributed by atoms with Crippen LogP contribution in [0.15, 0.2) is 35.3 Å². The lowest BCUT2D eigenvalue weighted by Crippen LogP contribution is -2.40. The Morgan fingerprint density at radius 3 is 2.48 bits per heavy atom. The number of hydrogen-bond donors (Lipinski definition) is 3. The van der Waals surface area contributed by atoms with Gasteiger partial charge in [-0.25, -0.2) is 0 Å². The van der Waals surface area contributed by atoms with Crippen LogP contribution in [0.25, 0.3) is 0 Å². The molecular weight excluding hydrogens is 450 g/mol. The predicted molar refractivity (Wildman–Crippen MR) is 103 cm³/mol. The number of benzene rings is 1. The standard InChI is InChI=1S/C16H24F3N3O2.HI/c1-20-15(21-8-5-9-24-12-16(17,18)19)22-10-14(11-23)13-6-3-2-4-7-13;/h2-4,6-7,14,23H,5,8-12H2,1H3,(H2,20,21,22);1H. The van der Waals surface area contributed by atoms with E-state index in [1.807, 2.05) is 30.3 Å². The Balaban J connectivity index is 0.00000576. The van der Waals surface area contributed by atoms with Gasteiger partial charge >= 0.3 is 6.18 Å². The monoisotopic (exact) mass is 475 g/mol. The lowest BCUT2D eigenvalue weighted by molar-refractivity contribution is -0.173. The molecule has 0 amide bonds. The fraction of sp³-hybridized carbons (Fsp3) is 0.562. The molecule has 1 unspecified atom stereocenters. The van der Waals surface area contributed by atoms with Crippen LogP contribution in [0.4, 0.5) is 13.2 Å². The number of guanidine groups is 1. The summed E-state index contributed by atoms with van der Waals surface area (Å²) in [4.78, 5) is 4.04. The molecule has 1 atom stereocenters. The van der Waals surface area contributed by atoms with Crippen LogP contribution in [-0.4, -0.2) is 57.2 Å². The van der Waals surface area contributed by atoms with Crippen molar-refractivity contribution >= 4 is 29.9 Å². The third-order valence-corrected chi connectivity index (χ3v) is 3.25. The molecule has 0 aliphatic rings. The maximum Gasteiger partial charge on any atom is 0.411 e. The Labute approximate surface area is 163 Å². The summed E-state index contributed by atoms with van der Waals surface area (Å²) in [5, 5.41) is 15.6. The van der Waals surface area contributed by atoms with Crippen LogP contribution in [0.3, 0.4) is 0 Å². The molecule has 0 saturated heterocycles. The molecule has 1 aromatic carbocycles. The van der Waals surface area contributed by atoms with E-state index in [-0.39, 0.29) is 43.1 Å². The van der Waals surface area contributed by atoms with Crippen LogP contribution < -0.4 is 10.6 Å². The van der Waals surface area contributed by atoms with Gasteiger partial charge in [0.2, 0.25) is 0 Å². The molecular formula is C16H25F3IN3O2. The molecule has 9 heteroatoms. The number of aliphatic hydroxyl groups is 1. The molecule has 1 rings (SSSR count).